The Bertz CT molecular complexity index is 458. The van der Waals surface area contributed by atoms with Gasteiger partial charge < -0.3 is 19.1 Å². The van der Waals surface area contributed by atoms with Crippen LogP contribution >= 0.6 is 0 Å². The summed E-state index contributed by atoms with van der Waals surface area (Å²) in [6, 6.07) is 1.71. The molecule has 1 aromatic heterocycles. The Kier molecular flexibility index (Phi) is 3.45. The largest absolute Gasteiger partial charge is 0.478 e. The molecule has 1 saturated heterocycles. The van der Waals surface area contributed by atoms with Crippen LogP contribution in [0.1, 0.15) is 28.2 Å². The topological polar surface area (TPSA) is 60.7 Å². The number of methoxy groups -OCH3 is 1. The van der Waals surface area contributed by atoms with Crippen molar-refractivity contribution in [3.05, 3.63) is 23.0 Å². The summed E-state index contributed by atoms with van der Waals surface area (Å²) < 4.78 is 13.0. The number of rotatable bonds is 4. The fraction of sp³-hybridized carbons (Fsp3) is 0.615. The first-order valence-corrected chi connectivity index (χ1v) is 6.02. The number of aromatic nitrogens is 1. The van der Waals surface area contributed by atoms with Crippen molar-refractivity contribution in [3.63, 3.8) is 0 Å². The molecule has 0 aliphatic carbocycles. The van der Waals surface area contributed by atoms with Crippen LogP contribution in [0.15, 0.2) is 6.07 Å². The van der Waals surface area contributed by atoms with Gasteiger partial charge in [0.05, 0.1) is 18.7 Å². The molecule has 1 aliphatic heterocycles. The first-order valence-electron chi connectivity index (χ1n) is 6.02. The summed E-state index contributed by atoms with van der Waals surface area (Å²) in [5.41, 5.74) is 1.74. The number of hydrogen-bond donors (Lipinski definition) is 1. The van der Waals surface area contributed by atoms with Crippen LogP contribution in [0.5, 0.6) is 0 Å². The van der Waals surface area contributed by atoms with E-state index in [4.69, 9.17) is 14.6 Å². The van der Waals surface area contributed by atoms with E-state index < -0.39 is 5.97 Å². The van der Waals surface area contributed by atoms with Crippen molar-refractivity contribution in [1.82, 2.24) is 4.57 Å². The Labute approximate surface area is 106 Å². The lowest BCUT2D eigenvalue weighted by Gasteiger charge is -2.27. The molecule has 0 radical (unpaired) electrons. The van der Waals surface area contributed by atoms with Gasteiger partial charge in [-0.15, -0.1) is 0 Å². The van der Waals surface area contributed by atoms with Gasteiger partial charge in [-0.3, -0.25) is 0 Å². The predicted octanol–water partition coefficient (Wildman–Crippen LogP) is 1.61. The van der Waals surface area contributed by atoms with Gasteiger partial charge in [0.1, 0.15) is 5.60 Å². The highest BCUT2D eigenvalue weighted by Crippen LogP contribution is 2.27. The molecule has 100 valence electrons. The molecule has 0 aromatic carbocycles. The second-order valence-electron chi connectivity index (χ2n) is 4.87. The van der Waals surface area contributed by atoms with Gasteiger partial charge in [0.15, 0.2) is 0 Å². The Hall–Kier alpha value is -1.33. The van der Waals surface area contributed by atoms with Crippen molar-refractivity contribution in [3.8, 4) is 0 Å². The smallest absolute Gasteiger partial charge is 0.337 e. The van der Waals surface area contributed by atoms with E-state index in [2.05, 4.69) is 0 Å². The van der Waals surface area contributed by atoms with Gasteiger partial charge in [-0.2, -0.15) is 0 Å². The lowest BCUT2D eigenvalue weighted by molar-refractivity contribution is -0.0301. The molecule has 5 heteroatoms. The molecule has 18 heavy (non-hydrogen) atoms. The standard InChI is InChI=1S/C13H19NO4/c1-9-6-11(12(15)16)10(2)14(9)7-13(17-3)4-5-18-8-13/h6H,4-5,7-8H2,1-3H3,(H,15,16). The lowest BCUT2D eigenvalue weighted by atomic mass is 10.0. The van der Waals surface area contributed by atoms with Crippen molar-refractivity contribution < 1.29 is 19.4 Å². The summed E-state index contributed by atoms with van der Waals surface area (Å²) in [4.78, 5) is 11.1. The van der Waals surface area contributed by atoms with E-state index in [1.54, 1.807) is 13.2 Å². The first kappa shape index (κ1) is 13.1. The zero-order valence-electron chi connectivity index (χ0n) is 11.0. The average molecular weight is 253 g/mol. The molecule has 1 aromatic rings. The maximum absolute atomic E-state index is 11.1. The highest BCUT2D eigenvalue weighted by atomic mass is 16.5. The Balaban J connectivity index is 2.31. The van der Waals surface area contributed by atoms with Crippen LogP contribution in [-0.2, 0) is 16.0 Å². The fourth-order valence-electron chi connectivity index (χ4n) is 2.49. The molecule has 5 nitrogen and oxygen atoms in total. The van der Waals surface area contributed by atoms with Crippen LogP contribution in [0.25, 0.3) is 0 Å². The quantitative estimate of drug-likeness (QED) is 0.885. The zero-order chi connectivity index (χ0) is 13.3. The summed E-state index contributed by atoms with van der Waals surface area (Å²) in [7, 11) is 1.68. The third-order valence-electron chi connectivity index (χ3n) is 3.75. The summed E-state index contributed by atoms with van der Waals surface area (Å²) in [6.45, 7) is 5.63. The molecule has 2 rings (SSSR count). The lowest BCUT2D eigenvalue weighted by Crippen LogP contribution is -2.37. The minimum Gasteiger partial charge on any atom is -0.478 e. The molecule has 0 spiro atoms. The maximum Gasteiger partial charge on any atom is 0.337 e. The van der Waals surface area contributed by atoms with Gasteiger partial charge in [0, 0.05) is 31.5 Å². The zero-order valence-corrected chi connectivity index (χ0v) is 11.0. The van der Waals surface area contributed by atoms with Crippen molar-refractivity contribution in [2.24, 2.45) is 0 Å². The third kappa shape index (κ3) is 2.15. The van der Waals surface area contributed by atoms with Gasteiger partial charge in [-0.25, -0.2) is 4.79 Å². The molecule has 1 fully saturated rings. The number of nitrogens with zero attached hydrogens (tertiary/aromatic N) is 1. The van der Waals surface area contributed by atoms with Crippen LogP contribution in [0.4, 0.5) is 0 Å². The number of hydrogen-bond acceptors (Lipinski definition) is 3. The number of ether oxygens (including phenoxy) is 2. The molecule has 1 aliphatic rings. The van der Waals surface area contributed by atoms with E-state index in [0.717, 1.165) is 17.8 Å². The van der Waals surface area contributed by atoms with Gasteiger partial charge in [0.25, 0.3) is 0 Å². The fourth-order valence-corrected chi connectivity index (χ4v) is 2.49. The number of aryl methyl sites for hydroxylation is 1. The molecular weight excluding hydrogens is 234 g/mol. The van der Waals surface area contributed by atoms with E-state index >= 15 is 0 Å². The molecular formula is C13H19NO4. The van der Waals surface area contributed by atoms with Crippen molar-refractivity contribution in [1.29, 1.82) is 0 Å². The summed E-state index contributed by atoms with van der Waals surface area (Å²) in [5.74, 6) is -0.886. The Morgan fingerprint density at radius 1 is 1.61 bits per heavy atom. The van der Waals surface area contributed by atoms with E-state index in [-0.39, 0.29) is 5.60 Å². The van der Waals surface area contributed by atoms with Crippen molar-refractivity contribution in [2.75, 3.05) is 20.3 Å². The number of aromatic carboxylic acids is 1. The minimum atomic E-state index is -0.886. The van der Waals surface area contributed by atoms with E-state index in [1.165, 1.54) is 0 Å². The van der Waals surface area contributed by atoms with Gasteiger partial charge >= 0.3 is 5.97 Å². The molecule has 0 saturated carbocycles. The molecule has 1 unspecified atom stereocenters. The summed E-state index contributed by atoms with van der Waals surface area (Å²) in [5, 5.41) is 9.12. The number of carbonyl (C=O) groups is 1. The minimum absolute atomic E-state index is 0.329. The molecule has 1 N–H and O–H groups in total. The van der Waals surface area contributed by atoms with Crippen LogP contribution in [0, 0.1) is 13.8 Å². The number of carboxylic acid groups (broad SMARTS) is 1. The average Bonchev–Trinajstić information content (AvgIpc) is 2.90. The predicted molar refractivity (Wildman–Crippen MR) is 66.0 cm³/mol. The van der Waals surface area contributed by atoms with Crippen LogP contribution < -0.4 is 0 Å². The van der Waals surface area contributed by atoms with Crippen molar-refractivity contribution in [2.45, 2.75) is 32.4 Å². The third-order valence-corrected chi connectivity index (χ3v) is 3.75. The summed E-state index contributed by atoms with van der Waals surface area (Å²) in [6.07, 6.45) is 0.836. The van der Waals surface area contributed by atoms with Crippen LogP contribution in [-0.4, -0.2) is 41.6 Å². The van der Waals surface area contributed by atoms with E-state index in [0.29, 0.717) is 25.3 Å². The molecule has 0 amide bonds. The highest BCUT2D eigenvalue weighted by Gasteiger charge is 2.36. The molecule has 1 atom stereocenters. The van der Waals surface area contributed by atoms with Crippen LogP contribution in [0.2, 0.25) is 0 Å². The van der Waals surface area contributed by atoms with E-state index in [9.17, 15) is 4.79 Å². The second-order valence-corrected chi connectivity index (χ2v) is 4.87. The van der Waals surface area contributed by atoms with Gasteiger partial charge in [-0.05, 0) is 19.9 Å². The van der Waals surface area contributed by atoms with Gasteiger partial charge in [0.2, 0.25) is 0 Å². The van der Waals surface area contributed by atoms with Gasteiger partial charge in [-0.1, -0.05) is 0 Å². The molecule has 2 heterocycles. The number of carboxylic acids is 1. The normalized spacial score (nSPS) is 23.5. The molecule has 0 bridgehead atoms. The summed E-state index contributed by atoms with van der Waals surface area (Å²) >= 11 is 0. The van der Waals surface area contributed by atoms with Crippen molar-refractivity contribution >= 4 is 5.97 Å². The van der Waals surface area contributed by atoms with E-state index in [1.807, 2.05) is 18.4 Å². The Morgan fingerprint density at radius 2 is 2.33 bits per heavy atom. The SMILES string of the molecule is COC1(Cn2c(C)cc(C(=O)O)c2C)CCOC1. The first-order chi connectivity index (χ1) is 8.49. The second kappa shape index (κ2) is 4.74. The monoisotopic (exact) mass is 253 g/mol. The maximum atomic E-state index is 11.1. The highest BCUT2D eigenvalue weighted by molar-refractivity contribution is 5.89. The Morgan fingerprint density at radius 3 is 2.78 bits per heavy atom. The van der Waals surface area contributed by atoms with Crippen LogP contribution in [0.3, 0.4) is 0 Å².